The second-order valence-corrected chi connectivity index (χ2v) is 7.17. The number of hydrogen-bond donors (Lipinski definition) is 0. The van der Waals surface area contributed by atoms with Crippen LogP contribution in [0.3, 0.4) is 0 Å². The SMILES string of the molecule is CCOC(=O)N1C=NC(Cc2ccccc2OC)(C(=O)OCc2ccccc2)N1C(=O)OCC. The molecule has 1 aliphatic heterocycles. The summed E-state index contributed by atoms with van der Waals surface area (Å²) in [5, 5.41) is 1.65. The summed E-state index contributed by atoms with van der Waals surface area (Å²) in [6.45, 7) is 3.24. The van der Waals surface area contributed by atoms with Gasteiger partial charge in [-0.2, -0.15) is 10.0 Å². The van der Waals surface area contributed by atoms with Crippen molar-refractivity contribution in [1.29, 1.82) is 0 Å². The summed E-state index contributed by atoms with van der Waals surface area (Å²) in [4.78, 5) is 43.6. The van der Waals surface area contributed by atoms with E-state index >= 15 is 0 Å². The summed E-state index contributed by atoms with van der Waals surface area (Å²) in [5.74, 6) is -0.371. The van der Waals surface area contributed by atoms with Crippen LogP contribution in [-0.4, -0.2) is 60.5 Å². The summed E-state index contributed by atoms with van der Waals surface area (Å²) in [6.07, 6.45) is -0.930. The van der Waals surface area contributed by atoms with Crippen LogP contribution in [0.1, 0.15) is 25.0 Å². The Morgan fingerprint density at radius 3 is 2.21 bits per heavy atom. The normalized spacial score (nSPS) is 16.8. The van der Waals surface area contributed by atoms with Crippen molar-refractivity contribution in [3.63, 3.8) is 0 Å². The van der Waals surface area contributed by atoms with Gasteiger partial charge in [-0.3, -0.25) is 0 Å². The maximum atomic E-state index is 13.6. The van der Waals surface area contributed by atoms with Gasteiger partial charge in [0.15, 0.2) is 0 Å². The monoisotopic (exact) mass is 469 g/mol. The molecule has 10 heteroatoms. The molecule has 10 nitrogen and oxygen atoms in total. The Kier molecular flexibility index (Phi) is 8.07. The van der Waals surface area contributed by atoms with Crippen molar-refractivity contribution in [2.45, 2.75) is 32.5 Å². The Bertz CT molecular complexity index is 1040. The fourth-order valence-corrected chi connectivity index (χ4v) is 3.46. The third kappa shape index (κ3) is 5.11. The number of benzene rings is 2. The molecule has 0 saturated carbocycles. The number of carbonyl (C=O) groups is 3. The summed E-state index contributed by atoms with van der Waals surface area (Å²) < 4.78 is 21.2. The van der Waals surface area contributed by atoms with Crippen molar-refractivity contribution in [3.8, 4) is 5.75 Å². The van der Waals surface area contributed by atoms with E-state index in [1.165, 1.54) is 7.11 Å². The van der Waals surface area contributed by atoms with Crippen molar-refractivity contribution in [2.24, 2.45) is 4.99 Å². The molecular formula is C24H27N3O7. The highest BCUT2D eigenvalue weighted by Crippen LogP contribution is 2.34. The van der Waals surface area contributed by atoms with Gasteiger partial charge < -0.3 is 18.9 Å². The first kappa shape index (κ1) is 24.6. The lowest BCUT2D eigenvalue weighted by Gasteiger charge is -2.36. The lowest BCUT2D eigenvalue weighted by Crippen LogP contribution is -2.61. The number of hydrazine groups is 1. The van der Waals surface area contributed by atoms with E-state index in [9.17, 15) is 14.4 Å². The zero-order chi connectivity index (χ0) is 24.6. The van der Waals surface area contributed by atoms with Crippen molar-refractivity contribution < 1.29 is 33.3 Å². The Morgan fingerprint density at radius 2 is 1.53 bits per heavy atom. The number of amides is 2. The van der Waals surface area contributed by atoms with E-state index in [4.69, 9.17) is 18.9 Å². The zero-order valence-corrected chi connectivity index (χ0v) is 19.3. The van der Waals surface area contributed by atoms with Crippen LogP contribution < -0.4 is 4.74 Å². The molecular weight excluding hydrogens is 442 g/mol. The minimum atomic E-state index is -1.97. The van der Waals surface area contributed by atoms with Gasteiger partial charge in [0.25, 0.3) is 5.66 Å². The van der Waals surface area contributed by atoms with Gasteiger partial charge in [0.2, 0.25) is 0 Å². The lowest BCUT2D eigenvalue weighted by atomic mass is 9.98. The van der Waals surface area contributed by atoms with Gasteiger partial charge in [-0.25, -0.2) is 19.4 Å². The molecule has 1 atom stereocenters. The zero-order valence-electron chi connectivity index (χ0n) is 19.3. The number of para-hydroxylation sites is 1. The molecule has 0 spiro atoms. The predicted molar refractivity (Wildman–Crippen MR) is 122 cm³/mol. The summed E-state index contributed by atoms with van der Waals surface area (Å²) in [5.41, 5.74) is -0.656. The standard InChI is InChI=1S/C24H27N3O7/c1-4-32-22(29)26-17-25-24(27(26)23(30)33-5-2,15-19-13-9-10-14-20(19)31-3)21(28)34-16-18-11-7-6-8-12-18/h6-14,17H,4-5,15-16H2,1-3H3. The number of rotatable bonds is 8. The maximum absolute atomic E-state index is 13.6. The van der Waals surface area contributed by atoms with Gasteiger partial charge in [-0.15, -0.1) is 0 Å². The molecule has 2 amide bonds. The third-order valence-corrected chi connectivity index (χ3v) is 5.01. The molecule has 1 aliphatic rings. The van der Waals surface area contributed by atoms with Gasteiger partial charge in [0.1, 0.15) is 18.7 Å². The van der Waals surface area contributed by atoms with Crippen LogP contribution >= 0.6 is 0 Å². The minimum Gasteiger partial charge on any atom is -0.496 e. The van der Waals surface area contributed by atoms with E-state index in [2.05, 4.69) is 4.99 Å². The van der Waals surface area contributed by atoms with Crippen LogP contribution in [0.2, 0.25) is 0 Å². The quantitative estimate of drug-likeness (QED) is 0.430. The number of ether oxygens (including phenoxy) is 4. The summed E-state index contributed by atoms with van der Waals surface area (Å²) in [7, 11) is 1.49. The van der Waals surface area contributed by atoms with Gasteiger partial charge in [-0.1, -0.05) is 48.5 Å². The van der Waals surface area contributed by atoms with Crippen LogP contribution in [0.5, 0.6) is 5.75 Å². The number of hydrogen-bond acceptors (Lipinski definition) is 8. The van der Waals surface area contributed by atoms with Crippen LogP contribution in [0.15, 0.2) is 59.6 Å². The van der Waals surface area contributed by atoms with Crippen LogP contribution in [0.4, 0.5) is 9.59 Å². The Balaban J connectivity index is 2.04. The topological polar surface area (TPSA) is 107 Å². The third-order valence-electron chi connectivity index (χ3n) is 5.01. The van der Waals surface area contributed by atoms with E-state index < -0.39 is 23.8 Å². The van der Waals surface area contributed by atoms with E-state index in [0.717, 1.165) is 21.9 Å². The smallest absolute Gasteiger partial charge is 0.434 e. The highest BCUT2D eigenvalue weighted by molar-refractivity contribution is 5.95. The van der Waals surface area contributed by atoms with Crippen molar-refractivity contribution in [2.75, 3.05) is 20.3 Å². The average molecular weight is 469 g/mol. The molecule has 34 heavy (non-hydrogen) atoms. The van der Waals surface area contributed by atoms with Gasteiger partial charge in [-0.05, 0) is 31.0 Å². The molecule has 0 saturated heterocycles. The highest BCUT2D eigenvalue weighted by Gasteiger charge is 2.57. The number of aliphatic imine (C=N–C) groups is 1. The highest BCUT2D eigenvalue weighted by atomic mass is 16.6. The summed E-state index contributed by atoms with van der Waals surface area (Å²) >= 11 is 0. The fourth-order valence-electron chi connectivity index (χ4n) is 3.46. The molecule has 0 bridgehead atoms. The van der Waals surface area contributed by atoms with Gasteiger partial charge in [0.05, 0.1) is 20.3 Å². The maximum Gasteiger partial charge on any atom is 0.434 e. The predicted octanol–water partition coefficient (Wildman–Crippen LogP) is 3.55. The molecule has 180 valence electrons. The van der Waals surface area contributed by atoms with Crippen LogP contribution in [0, 0.1) is 0 Å². The number of esters is 1. The second-order valence-electron chi connectivity index (χ2n) is 7.17. The molecule has 2 aromatic carbocycles. The number of methoxy groups -OCH3 is 1. The van der Waals surface area contributed by atoms with E-state index in [1.54, 1.807) is 50.2 Å². The molecule has 1 unspecified atom stereocenters. The molecule has 0 fully saturated rings. The van der Waals surface area contributed by atoms with Gasteiger partial charge >= 0.3 is 18.2 Å². The minimum absolute atomic E-state index is 0.00972. The first-order valence-corrected chi connectivity index (χ1v) is 10.8. The Labute approximate surface area is 197 Å². The van der Waals surface area contributed by atoms with Crippen molar-refractivity contribution in [1.82, 2.24) is 10.0 Å². The average Bonchev–Trinajstić information content (AvgIpc) is 3.24. The first-order valence-electron chi connectivity index (χ1n) is 10.8. The second kappa shape index (κ2) is 11.2. The number of nitrogens with zero attached hydrogens (tertiary/aromatic N) is 3. The fraction of sp³-hybridized carbons (Fsp3) is 0.333. The molecule has 0 N–H and O–H groups in total. The first-order chi connectivity index (χ1) is 16.5. The molecule has 0 aromatic heterocycles. The Morgan fingerprint density at radius 1 is 0.882 bits per heavy atom. The van der Waals surface area contributed by atoms with Crippen LogP contribution in [0.25, 0.3) is 0 Å². The van der Waals surface area contributed by atoms with E-state index in [-0.39, 0.29) is 26.2 Å². The molecule has 1 heterocycles. The van der Waals surface area contributed by atoms with E-state index in [1.807, 2.05) is 18.2 Å². The molecule has 0 aliphatic carbocycles. The van der Waals surface area contributed by atoms with E-state index in [0.29, 0.717) is 11.3 Å². The van der Waals surface area contributed by atoms with Crippen molar-refractivity contribution >= 4 is 24.5 Å². The largest absolute Gasteiger partial charge is 0.496 e. The number of carbonyl (C=O) groups excluding carboxylic acids is 3. The summed E-state index contributed by atoms with van der Waals surface area (Å²) in [6, 6.07) is 16.1. The van der Waals surface area contributed by atoms with Crippen molar-refractivity contribution in [3.05, 3.63) is 65.7 Å². The van der Waals surface area contributed by atoms with Crippen LogP contribution in [-0.2, 0) is 32.0 Å². The molecule has 2 aromatic rings. The lowest BCUT2D eigenvalue weighted by molar-refractivity contribution is -0.162. The molecule has 3 rings (SSSR count). The molecule has 0 radical (unpaired) electrons. The van der Waals surface area contributed by atoms with Gasteiger partial charge in [0, 0.05) is 6.42 Å². The Hall–Kier alpha value is -4.08.